The van der Waals surface area contributed by atoms with Gasteiger partial charge in [0, 0.05) is 12.8 Å². The summed E-state index contributed by atoms with van der Waals surface area (Å²) >= 11 is 0. The normalized spacial score (nSPS) is 13.9. The Morgan fingerprint density at radius 1 is 0.608 bits per heavy atom. The molecule has 0 saturated carbocycles. The van der Waals surface area contributed by atoms with Gasteiger partial charge >= 0.3 is 19.8 Å². The molecule has 0 aromatic heterocycles. The number of hydrogen-bond acceptors (Lipinski definition) is 7. The van der Waals surface area contributed by atoms with Crippen molar-refractivity contribution < 1.29 is 43.0 Å². The molecule has 51 heavy (non-hydrogen) atoms. The van der Waals surface area contributed by atoms with Crippen LogP contribution in [-0.4, -0.2) is 52.3 Å². The van der Waals surface area contributed by atoms with Gasteiger partial charge in [0.1, 0.15) is 6.61 Å². The number of ether oxygens (including phenoxy) is 2. The van der Waals surface area contributed by atoms with E-state index in [2.05, 4.69) is 54.8 Å². The van der Waals surface area contributed by atoms with Gasteiger partial charge in [-0.05, 0) is 64.2 Å². The van der Waals surface area contributed by atoms with E-state index in [4.69, 9.17) is 19.3 Å². The van der Waals surface area contributed by atoms with E-state index < -0.39 is 32.5 Å². The van der Waals surface area contributed by atoms with Crippen LogP contribution < -0.4 is 0 Å². The maximum atomic E-state index is 12.4. The number of hydrogen-bond donors (Lipinski definition) is 3. The summed E-state index contributed by atoms with van der Waals surface area (Å²) in [5.41, 5.74) is 0. The molecule has 3 N–H and O–H groups in total. The highest BCUT2D eigenvalue weighted by molar-refractivity contribution is 7.46. The minimum absolute atomic E-state index is 0.164. The maximum absolute atomic E-state index is 12.4. The van der Waals surface area contributed by atoms with Gasteiger partial charge in [-0.3, -0.25) is 14.1 Å². The third kappa shape index (κ3) is 38.5. The zero-order valence-electron chi connectivity index (χ0n) is 31.6. The summed E-state index contributed by atoms with van der Waals surface area (Å²) in [5, 5.41) is 9.86. The molecule has 9 nitrogen and oxygen atoms in total. The lowest BCUT2D eigenvalue weighted by Gasteiger charge is -2.18. The fourth-order valence-electron chi connectivity index (χ4n) is 4.88. The summed E-state index contributed by atoms with van der Waals surface area (Å²) in [6.45, 7) is 3.46. The van der Waals surface area contributed by atoms with Crippen LogP contribution in [0.4, 0.5) is 0 Å². The van der Waals surface area contributed by atoms with Crippen molar-refractivity contribution in [1.29, 1.82) is 0 Å². The number of aliphatic hydroxyl groups is 1. The van der Waals surface area contributed by atoms with E-state index in [0.717, 1.165) is 77.0 Å². The van der Waals surface area contributed by atoms with Crippen LogP contribution in [0.3, 0.4) is 0 Å². The van der Waals surface area contributed by atoms with Crippen molar-refractivity contribution in [1.82, 2.24) is 0 Å². The standard InChI is InChI=1S/C41H69O9P/c1-3-5-7-8-9-10-11-12-13-14-17-21-24-27-31-35-41(44)50-39(37-49-51(45,46)47)36-48-40(43)34-30-26-23-20-18-15-16-19-22-25-29-33-38(42)32-28-6-4-2/h10-13,15-16,20,22-23,25,29,33,38-39,42H,3-9,14,17-19,21,24,26-28,30-32,34-37H2,1-2H3,(H2,45,46,47)/b11-10-,13-12-,16-15-,23-20-,25-22-,33-29+/t38-,39-/m1/s1. The van der Waals surface area contributed by atoms with Crippen molar-refractivity contribution >= 4 is 19.8 Å². The van der Waals surface area contributed by atoms with Crippen molar-refractivity contribution in [3.63, 3.8) is 0 Å². The summed E-state index contributed by atoms with van der Waals surface area (Å²) in [4.78, 5) is 42.7. The fourth-order valence-corrected chi connectivity index (χ4v) is 5.24. The molecule has 0 aliphatic rings. The Morgan fingerprint density at radius 3 is 1.84 bits per heavy atom. The molecule has 0 unspecified atom stereocenters. The minimum atomic E-state index is -4.78. The molecule has 0 radical (unpaired) electrons. The van der Waals surface area contributed by atoms with Gasteiger partial charge in [-0.1, -0.05) is 145 Å². The van der Waals surface area contributed by atoms with Gasteiger partial charge in [0.2, 0.25) is 0 Å². The average molecular weight is 737 g/mol. The second-order valence-electron chi connectivity index (χ2n) is 12.8. The first-order chi connectivity index (χ1) is 24.7. The van der Waals surface area contributed by atoms with Crippen molar-refractivity contribution in [3.05, 3.63) is 72.9 Å². The number of esters is 2. The SMILES string of the molecule is CCCCCC/C=C\C=C/CCCCCCCC(=O)O[C@H](COC(=O)CCC/C=C\C/C=C\C/C=C\C=C\[C@H](O)CCCCC)COP(=O)(O)O. The van der Waals surface area contributed by atoms with E-state index in [0.29, 0.717) is 19.3 Å². The smallest absolute Gasteiger partial charge is 0.462 e. The molecule has 0 aromatic rings. The van der Waals surface area contributed by atoms with E-state index in [1.807, 2.05) is 36.5 Å². The molecule has 0 amide bonds. The van der Waals surface area contributed by atoms with Gasteiger partial charge in [-0.25, -0.2) is 4.57 Å². The second kappa shape index (κ2) is 35.8. The van der Waals surface area contributed by atoms with E-state index in [-0.39, 0.29) is 25.6 Å². The van der Waals surface area contributed by atoms with Crippen molar-refractivity contribution in [3.8, 4) is 0 Å². The Bertz CT molecular complexity index is 1070. The number of carbonyl (C=O) groups is 2. The number of phosphoric acid groups is 1. The Morgan fingerprint density at radius 2 is 1.16 bits per heavy atom. The summed E-state index contributed by atoms with van der Waals surface area (Å²) < 4.78 is 26.2. The molecule has 10 heteroatoms. The predicted octanol–water partition coefficient (Wildman–Crippen LogP) is 10.5. The minimum Gasteiger partial charge on any atom is -0.462 e. The zero-order chi connectivity index (χ0) is 37.7. The maximum Gasteiger partial charge on any atom is 0.469 e. The molecule has 0 spiro atoms. The Kier molecular flexibility index (Phi) is 34.0. The monoisotopic (exact) mass is 736 g/mol. The van der Waals surface area contributed by atoms with Crippen LogP contribution in [0.25, 0.3) is 0 Å². The Labute approximate surface area is 309 Å². The molecular formula is C41H69O9P. The molecule has 0 bridgehead atoms. The van der Waals surface area contributed by atoms with E-state index >= 15 is 0 Å². The van der Waals surface area contributed by atoms with Crippen LogP contribution in [0, 0.1) is 0 Å². The molecule has 0 fully saturated rings. The lowest BCUT2D eigenvalue weighted by Crippen LogP contribution is -2.29. The van der Waals surface area contributed by atoms with Crippen LogP contribution in [0.1, 0.15) is 149 Å². The Hall–Kier alpha value is -2.55. The second-order valence-corrected chi connectivity index (χ2v) is 14.0. The third-order valence-corrected chi connectivity index (χ3v) is 8.31. The number of rotatable bonds is 34. The lowest BCUT2D eigenvalue weighted by molar-refractivity contribution is -0.161. The van der Waals surface area contributed by atoms with E-state index in [1.54, 1.807) is 0 Å². The van der Waals surface area contributed by atoms with Gasteiger partial charge in [0.25, 0.3) is 0 Å². The van der Waals surface area contributed by atoms with Gasteiger partial charge < -0.3 is 24.4 Å². The van der Waals surface area contributed by atoms with Crippen LogP contribution in [-0.2, 0) is 28.2 Å². The lowest BCUT2D eigenvalue weighted by atomic mass is 10.1. The van der Waals surface area contributed by atoms with E-state index in [9.17, 15) is 19.3 Å². The van der Waals surface area contributed by atoms with E-state index in [1.165, 1.54) is 25.7 Å². The summed E-state index contributed by atoms with van der Waals surface area (Å²) in [6, 6.07) is 0. The van der Waals surface area contributed by atoms with Crippen LogP contribution in [0.2, 0.25) is 0 Å². The molecule has 0 heterocycles. The van der Waals surface area contributed by atoms with Gasteiger partial charge in [0.15, 0.2) is 6.10 Å². The third-order valence-electron chi connectivity index (χ3n) is 7.83. The highest BCUT2D eigenvalue weighted by Crippen LogP contribution is 2.36. The molecule has 0 rings (SSSR count). The van der Waals surface area contributed by atoms with Crippen LogP contribution in [0.5, 0.6) is 0 Å². The first kappa shape index (κ1) is 48.5. The van der Waals surface area contributed by atoms with Crippen molar-refractivity contribution in [2.45, 2.75) is 161 Å². The highest BCUT2D eigenvalue weighted by atomic mass is 31.2. The molecular weight excluding hydrogens is 667 g/mol. The number of phosphoric ester groups is 1. The number of carbonyl (C=O) groups excluding carboxylic acids is 2. The van der Waals surface area contributed by atoms with Gasteiger partial charge in [-0.15, -0.1) is 0 Å². The molecule has 292 valence electrons. The molecule has 0 aliphatic heterocycles. The fraction of sp³-hybridized carbons (Fsp3) is 0.659. The number of unbranched alkanes of at least 4 members (excludes halogenated alkanes) is 12. The molecule has 2 atom stereocenters. The number of allylic oxidation sites excluding steroid dienone is 11. The first-order valence-corrected chi connectivity index (χ1v) is 20.9. The Balaban J connectivity index is 4.15. The van der Waals surface area contributed by atoms with Crippen LogP contribution in [0.15, 0.2) is 72.9 Å². The largest absolute Gasteiger partial charge is 0.469 e. The summed E-state index contributed by atoms with van der Waals surface area (Å²) in [7, 11) is -4.78. The number of aliphatic hydroxyl groups excluding tert-OH is 1. The predicted molar refractivity (Wildman–Crippen MR) is 208 cm³/mol. The van der Waals surface area contributed by atoms with Crippen molar-refractivity contribution in [2.24, 2.45) is 0 Å². The van der Waals surface area contributed by atoms with Gasteiger partial charge in [-0.2, -0.15) is 0 Å². The zero-order valence-corrected chi connectivity index (χ0v) is 32.5. The highest BCUT2D eigenvalue weighted by Gasteiger charge is 2.22. The topological polar surface area (TPSA) is 140 Å². The summed E-state index contributed by atoms with van der Waals surface area (Å²) in [6.07, 6.45) is 42.3. The quantitative estimate of drug-likeness (QED) is 0.0194. The average Bonchev–Trinajstić information content (AvgIpc) is 3.09. The molecule has 0 aliphatic carbocycles. The van der Waals surface area contributed by atoms with Crippen LogP contribution >= 0.6 is 7.82 Å². The molecule has 0 aromatic carbocycles. The molecule has 0 saturated heterocycles. The van der Waals surface area contributed by atoms with Crippen molar-refractivity contribution in [2.75, 3.05) is 13.2 Å². The van der Waals surface area contributed by atoms with Gasteiger partial charge in [0.05, 0.1) is 12.7 Å². The summed E-state index contributed by atoms with van der Waals surface area (Å²) in [5.74, 6) is -1.00. The first-order valence-electron chi connectivity index (χ1n) is 19.4.